The first kappa shape index (κ1) is 17.9. The van der Waals surface area contributed by atoms with Gasteiger partial charge in [0.2, 0.25) is 0 Å². The molecule has 1 fully saturated rings. The lowest BCUT2D eigenvalue weighted by Crippen LogP contribution is -2.45. The molecule has 2 atom stereocenters. The number of piperidine rings is 1. The topological polar surface area (TPSA) is 101 Å². The van der Waals surface area contributed by atoms with Crippen molar-refractivity contribution in [3.63, 3.8) is 0 Å². The summed E-state index contributed by atoms with van der Waals surface area (Å²) in [6, 6.07) is 8.64. The number of methoxy groups -OCH3 is 1. The van der Waals surface area contributed by atoms with Gasteiger partial charge in [-0.25, -0.2) is 9.37 Å². The molecule has 1 aromatic carbocycles. The highest BCUT2D eigenvalue weighted by molar-refractivity contribution is 5.98. The molecule has 1 amide bonds. The monoisotopic (exact) mass is 359 g/mol. The number of nitrogens with two attached hydrogens (primary N) is 1. The number of alkyl halides is 1. The lowest BCUT2D eigenvalue weighted by atomic mass is 10.0. The number of rotatable bonds is 6. The zero-order valence-electron chi connectivity index (χ0n) is 14.5. The highest BCUT2D eigenvalue weighted by Crippen LogP contribution is 2.25. The van der Waals surface area contributed by atoms with E-state index in [1.165, 1.54) is 6.20 Å². The lowest BCUT2D eigenvalue weighted by molar-refractivity contribution is 0.100. The summed E-state index contributed by atoms with van der Waals surface area (Å²) in [5.41, 5.74) is 6.90. The second-order valence-electron chi connectivity index (χ2n) is 6.10. The zero-order valence-corrected chi connectivity index (χ0v) is 14.5. The molecule has 8 heteroatoms. The minimum absolute atomic E-state index is 0.229. The Kier molecular flexibility index (Phi) is 5.52. The van der Waals surface area contributed by atoms with Gasteiger partial charge in [-0.2, -0.15) is 0 Å². The van der Waals surface area contributed by atoms with E-state index in [2.05, 4.69) is 20.9 Å². The summed E-state index contributed by atoms with van der Waals surface area (Å²) >= 11 is 0. The van der Waals surface area contributed by atoms with Crippen LogP contribution in [0.1, 0.15) is 16.8 Å². The van der Waals surface area contributed by atoms with Crippen LogP contribution in [0, 0.1) is 0 Å². The maximum atomic E-state index is 14.1. The van der Waals surface area contributed by atoms with Crippen LogP contribution in [0.5, 0.6) is 5.75 Å². The SMILES string of the molecule is COc1cccc(Nc2cc(N[C@@H]3CCNC[C@@H]3F)c(C(N)=O)cn2)c1. The third-order valence-corrected chi connectivity index (χ3v) is 4.26. The number of aromatic nitrogens is 1. The number of nitrogens with one attached hydrogen (secondary N) is 3. The fourth-order valence-electron chi connectivity index (χ4n) is 2.87. The fourth-order valence-corrected chi connectivity index (χ4v) is 2.87. The normalized spacial score (nSPS) is 19.6. The van der Waals surface area contributed by atoms with Crippen LogP contribution in [0.25, 0.3) is 0 Å². The minimum atomic E-state index is -1.05. The Balaban J connectivity index is 1.84. The van der Waals surface area contributed by atoms with Crippen LogP contribution in [0.4, 0.5) is 21.6 Å². The van der Waals surface area contributed by atoms with E-state index in [-0.39, 0.29) is 18.2 Å². The highest BCUT2D eigenvalue weighted by atomic mass is 19.1. The summed E-state index contributed by atoms with van der Waals surface area (Å²) in [5, 5.41) is 9.25. The van der Waals surface area contributed by atoms with E-state index in [0.717, 1.165) is 5.69 Å². The molecule has 26 heavy (non-hydrogen) atoms. The zero-order chi connectivity index (χ0) is 18.5. The first-order valence-electron chi connectivity index (χ1n) is 8.39. The molecule has 0 radical (unpaired) electrons. The van der Waals surface area contributed by atoms with Gasteiger partial charge in [-0.1, -0.05) is 6.07 Å². The summed E-state index contributed by atoms with van der Waals surface area (Å²) in [6.07, 6.45) is 0.953. The van der Waals surface area contributed by atoms with Gasteiger partial charge in [0, 0.05) is 30.6 Å². The van der Waals surface area contributed by atoms with Crippen LogP contribution in [0.15, 0.2) is 36.5 Å². The van der Waals surface area contributed by atoms with Crippen LogP contribution in [0.3, 0.4) is 0 Å². The fraction of sp³-hybridized carbons (Fsp3) is 0.333. The number of carbonyl (C=O) groups is 1. The summed E-state index contributed by atoms with van der Waals surface area (Å²) in [7, 11) is 1.59. The Hall–Kier alpha value is -2.87. The Morgan fingerprint density at radius 2 is 2.27 bits per heavy atom. The number of ether oxygens (including phenoxy) is 1. The average molecular weight is 359 g/mol. The van der Waals surface area contributed by atoms with E-state index >= 15 is 0 Å². The first-order valence-corrected chi connectivity index (χ1v) is 8.39. The van der Waals surface area contributed by atoms with Gasteiger partial charge in [0.1, 0.15) is 17.7 Å². The molecule has 3 rings (SSSR count). The molecule has 2 aromatic rings. The first-order chi connectivity index (χ1) is 12.6. The number of anilines is 3. The predicted octanol–water partition coefficient (Wildman–Crippen LogP) is 2.04. The van der Waals surface area contributed by atoms with Crippen molar-refractivity contribution in [3.05, 3.63) is 42.1 Å². The third-order valence-electron chi connectivity index (χ3n) is 4.26. The summed E-state index contributed by atoms with van der Waals surface area (Å²) in [5.74, 6) is 0.601. The Morgan fingerprint density at radius 1 is 1.42 bits per heavy atom. The molecule has 1 aliphatic rings. The molecule has 138 valence electrons. The van der Waals surface area contributed by atoms with E-state index < -0.39 is 12.1 Å². The average Bonchev–Trinajstić information content (AvgIpc) is 2.64. The van der Waals surface area contributed by atoms with Gasteiger partial charge in [-0.3, -0.25) is 4.79 Å². The molecule has 2 heterocycles. The number of hydrogen-bond donors (Lipinski definition) is 4. The smallest absolute Gasteiger partial charge is 0.252 e. The van der Waals surface area contributed by atoms with Crippen LogP contribution >= 0.6 is 0 Å². The molecule has 1 saturated heterocycles. The molecule has 5 N–H and O–H groups in total. The number of nitrogens with zero attached hydrogens (tertiary/aromatic N) is 1. The van der Waals surface area contributed by atoms with Crippen molar-refractivity contribution in [1.82, 2.24) is 10.3 Å². The van der Waals surface area contributed by atoms with Crippen LogP contribution in [-0.4, -0.2) is 43.3 Å². The molecule has 0 unspecified atom stereocenters. The number of hydrogen-bond acceptors (Lipinski definition) is 6. The predicted molar refractivity (Wildman–Crippen MR) is 98.8 cm³/mol. The van der Waals surface area contributed by atoms with Crippen molar-refractivity contribution in [2.24, 2.45) is 5.73 Å². The number of amides is 1. The van der Waals surface area contributed by atoms with E-state index in [1.807, 2.05) is 24.3 Å². The third kappa shape index (κ3) is 4.20. The van der Waals surface area contributed by atoms with Gasteiger partial charge < -0.3 is 26.4 Å². The molecular weight excluding hydrogens is 337 g/mol. The largest absolute Gasteiger partial charge is 0.497 e. The van der Waals surface area contributed by atoms with Gasteiger partial charge in [-0.15, -0.1) is 0 Å². The molecule has 1 aliphatic heterocycles. The minimum Gasteiger partial charge on any atom is -0.497 e. The second-order valence-corrected chi connectivity index (χ2v) is 6.10. The highest BCUT2D eigenvalue weighted by Gasteiger charge is 2.25. The van der Waals surface area contributed by atoms with Gasteiger partial charge in [0.05, 0.1) is 24.4 Å². The van der Waals surface area contributed by atoms with Crippen molar-refractivity contribution in [1.29, 1.82) is 0 Å². The molecule has 0 spiro atoms. The molecular formula is C18H22FN5O2. The van der Waals surface area contributed by atoms with Crippen LogP contribution in [0.2, 0.25) is 0 Å². The van der Waals surface area contributed by atoms with E-state index in [4.69, 9.17) is 10.5 Å². The Morgan fingerprint density at radius 3 is 3.00 bits per heavy atom. The Bertz CT molecular complexity index is 786. The van der Waals surface area contributed by atoms with Crippen molar-refractivity contribution < 1.29 is 13.9 Å². The summed E-state index contributed by atoms with van der Waals surface area (Å²) in [4.78, 5) is 15.9. The van der Waals surface area contributed by atoms with Crippen molar-refractivity contribution in [2.45, 2.75) is 18.6 Å². The standard InChI is InChI=1S/C18H22FN5O2/c1-26-12-4-2-3-11(7-12)23-17-8-16(13(9-22-17)18(20)25)24-15-5-6-21-10-14(15)19/h2-4,7-9,14-15,21H,5-6,10H2,1H3,(H2,20,25)(H2,22,23,24)/t14-,15+/m0/s1. The van der Waals surface area contributed by atoms with Crippen molar-refractivity contribution in [3.8, 4) is 5.75 Å². The van der Waals surface area contributed by atoms with E-state index in [1.54, 1.807) is 13.2 Å². The molecule has 0 bridgehead atoms. The number of carbonyl (C=O) groups excluding carboxylic acids is 1. The number of benzene rings is 1. The van der Waals surface area contributed by atoms with Gasteiger partial charge in [0.15, 0.2) is 0 Å². The van der Waals surface area contributed by atoms with E-state index in [0.29, 0.717) is 30.2 Å². The second kappa shape index (κ2) is 8.01. The van der Waals surface area contributed by atoms with Crippen LogP contribution < -0.4 is 26.4 Å². The quantitative estimate of drug-likeness (QED) is 0.630. The van der Waals surface area contributed by atoms with Crippen molar-refractivity contribution >= 4 is 23.1 Å². The molecule has 0 aliphatic carbocycles. The summed E-state index contributed by atoms with van der Waals surface area (Å²) in [6.45, 7) is 0.994. The summed E-state index contributed by atoms with van der Waals surface area (Å²) < 4.78 is 19.3. The Labute approximate surface area is 151 Å². The number of pyridine rings is 1. The molecule has 7 nitrogen and oxygen atoms in total. The van der Waals surface area contributed by atoms with E-state index in [9.17, 15) is 9.18 Å². The maximum Gasteiger partial charge on any atom is 0.252 e. The molecule has 0 saturated carbocycles. The number of primary amides is 1. The maximum absolute atomic E-state index is 14.1. The van der Waals surface area contributed by atoms with Gasteiger partial charge in [0.25, 0.3) is 5.91 Å². The lowest BCUT2D eigenvalue weighted by Gasteiger charge is -2.29. The van der Waals surface area contributed by atoms with Gasteiger partial charge in [-0.05, 0) is 25.1 Å². The van der Waals surface area contributed by atoms with Crippen LogP contribution in [-0.2, 0) is 0 Å². The number of halogens is 1. The van der Waals surface area contributed by atoms with Crippen molar-refractivity contribution in [2.75, 3.05) is 30.8 Å². The molecule has 1 aromatic heterocycles. The van der Waals surface area contributed by atoms with Gasteiger partial charge >= 0.3 is 0 Å².